The molecule has 0 saturated heterocycles. The first-order valence-electron chi connectivity index (χ1n) is 4.22. The van der Waals surface area contributed by atoms with Gasteiger partial charge in [0.2, 0.25) is 0 Å². The third-order valence-corrected chi connectivity index (χ3v) is 2.60. The Labute approximate surface area is 86.2 Å². The molecule has 0 atom stereocenters. The van der Waals surface area contributed by atoms with Crippen LogP contribution in [0.25, 0.3) is 0 Å². The van der Waals surface area contributed by atoms with Gasteiger partial charge in [-0.3, -0.25) is 0 Å². The van der Waals surface area contributed by atoms with Gasteiger partial charge in [0.1, 0.15) is 6.61 Å². The number of thiophene rings is 1. The van der Waals surface area contributed by atoms with Gasteiger partial charge < -0.3 is 10.5 Å². The van der Waals surface area contributed by atoms with Crippen LogP contribution in [0.2, 0.25) is 0 Å². The summed E-state index contributed by atoms with van der Waals surface area (Å²) in [5.41, 5.74) is 5.63. The smallest absolute Gasteiger partial charge is 0.166 e. The molecule has 0 bridgehead atoms. The first kappa shape index (κ1) is 9.02. The number of hydrogen-bond acceptors (Lipinski definition) is 4. The van der Waals surface area contributed by atoms with Crippen LogP contribution in [-0.2, 0) is 6.61 Å². The van der Waals surface area contributed by atoms with Crippen molar-refractivity contribution in [1.29, 1.82) is 0 Å². The SMILES string of the molecule is Nc1ncccc1OCc1cccs1. The normalized spacial score (nSPS) is 10.0. The summed E-state index contributed by atoms with van der Waals surface area (Å²) in [6.45, 7) is 0.549. The molecular formula is C10H10N2OS. The van der Waals surface area contributed by atoms with Crippen molar-refractivity contribution in [1.82, 2.24) is 4.98 Å². The number of ether oxygens (including phenoxy) is 1. The number of pyridine rings is 1. The molecular weight excluding hydrogens is 196 g/mol. The van der Waals surface area contributed by atoms with Gasteiger partial charge in [-0.2, -0.15) is 0 Å². The molecule has 0 aromatic carbocycles. The fraction of sp³-hybridized carbons (Fsp3) is 0.100. The van der Waals surface area contributed by atoms with E-state index in [1.807, 2.05) is 23.6 Å². The molecule has 0 fully saturated rings. The summed E-state index contributed by atoms with van der Waals surface area (Å²) in [5, 5.41) is 2.02. The number of hydrogen-bond donors (Lipinski definition) is 1. The maximum absolute atomic E-state index is 5.63. The number of nitrogens with zero attached hydrogens (tertiary/aromatic N) is 1. The summed E-state index contributed by atoms with van der Waals surface area (Å²) in [6.07, 6.45) is 1.65. The van der Waals surface area contributed by atoms with Crippen molar-refractivity contribution in [3.63, 3.8) is 0 Å². The average molecular weight is 206 g/mol. The second-order valence-corrected chi connectivity index (χ2v) is 3.79. The number of anilines is 1. The van der Waals surface area contributed by atoms with Crippen LogP contribution in [0.15, 0.2) is 35.8 Å². The van der Waals surface area contributed by atoms with E-state index in [4.69, 9.17) is 10.5 Å². The van der Waals surface area contributed by atoms with Crippen molar-refractivity contribution >= 4 is 17.2 Å². The van der Waals surface area contributed by atoms with Crippen LogP contribution < -0.4 is 10.5 Å². The Morgan fingerprint density at radius 3 is 3.00 bits per heavy atom. The Morgan fingerprint density at radius 1 is 1.36 bits per heavy atom. The van der Waals surface area contributed by atoms with E-state index in [9.17, 15) is 0 Å². The molecule has 2 aromatic heterocycles. The molecule has 72 valence electrons. The third kappa shape index (κ3) is 2.03. The Bertz CT molecular complexity index is 400. The lowest BCUT2D eigenvalue weighted by Crippen LogP contribution is -1.98. The average Bonchev–Trinajstić information content (AvgIpc) is 2.69. The van der Waals surface area contributed by atoms with E-state index in [1.165, 1.54) is 4.88 Å². The lowest BCUT2D eigenvalue weighted by atomic mass is 10.4. The molecule has 0 aliphatic heterocycles. The first-order chi connectivity index (χ1) is 6.86. The van der Waals surface area contributed by atoms with Crippen LogP contribution in [0.4, 0.5) is 5.82 Å². The van der Waals surface area contributed by atoms with E-state index in [0.717, 1.165) is 0 Å². The molecule has 14 heavy (non-hydrogen) atoms. The van der Waals surface area contributed by atoms with Gasteiger partial charge in [-0.25, -0.2) is 4.98 Å². The molecule has 3 nitrogen and oxygen atoms in total. The largest absolute Gasteiger partial charge is 0.484 e. The molecule has 0 saturated carbocycles. The quantitative estimate of drug-likeness (QED) is 0.838. The molecule has 0 amide bonds. The highest BCUT2D eigenvalue weighted by molar-refractivity contribution is 7.09. The molecule has 0 radical (unpaired) electrons. The number of rotatable bonds is 3. The molecule has 0 spiro atoms. The number of nitrogen functional groups attached to an aromatic ring is 1. The predicted octanol–water partition coefficient (Wildman–Crippen LogP) is 2.30. The lowest BCUT2D eigenvalue weighted by molar-refractivity contribution is 0.310. The summed E-state index contributed by atoms with van der Waals surface area (Å²) in [7, 11) is 0. The van der Waals surface area contributed by atoms with Crippen molar-refractivity contribution in [3.8, 4) is 5.75 Å². The summed E-state index contributed by atoms with van der Waals surface area (Å²) in [4.78, 5) is 5.11. The first-order valence-corrected chi connectivity index (χ1v) is 5.10. The van der Waals surface area contributed by atoms with Crippen molar-refractivity contribution in [3.05, 3.63) is 40.7 Å². The molecule has 2 rings (SSSR count). The van der Waals surface area contributed by atoms with Crippen LogP contribution in [-0.4, -0.2) is 4.98 Å². The Morgan fingerprint density at radius 2 is 2.29 bits per heavy atom. The molecule has 2 heterocycles. The Hall–Kier alpha value is -1.55. The van der Waals surface area contributed by atoms with Crippen molar-refractivity contribution in [2.24, 2.45) is 0 Å². The maximum atomic E-state index is 5.63. The maximum Gasteiger partial charge on any atom is 0.166 e. The molecule has 0 aliphatic rings. The highest BCUT2D eigenvalue weighted by atomic mass is 32.1. The van der Waals surface area contributed by atoms with Gasteiger partial charge in [0, 0.05) is 11.1 Å². The van der Waals surface area contributed by atoms with Gasteiger partial charge in [0.25, 0.3) is 0 Å². The highest BCUT2D eigenvalue weighted by Crippen LogP contribution is 2.19. The summed E-state index contributed by atoms with van der Waals surface area (Å²) in [6, 6.07) is 7.64. The van der Waals surface area contributed by atoms with E-state index in [2.05, 4.69) is 4.98 Å². The standard InChI is InChI=1S/C10H10N2OS/c11-10-9(4-1-5-12-10)13-7-8-3-2-6-14-8/h1-6H,7H2,(H2,11,12). The molecule has 4 heteroatoms. The molecule has 0 aliphatic carbocycles. The van der Waals surface area contributed by atoms with Crippen molar-refractivity contribution in [2.75, 3.05) is 5.73 Å². The van der Waals surface area contributed by atoms with Crippen LogP contribution >= 0.6 is 11.3 Å². The summed E-state index contributed by atoms with van der Waals surface area (Å²) in [5.74, 6) is 1.07. The summed E-state index contributed by atoms with van der Waals surface area (Å²) >= 11 is 1.66. The fourth-order valence-corrected chi connectivity index (χ4v) is 1.68. The zero-order valence-corrected chi connectivity index (χ0v) is 8.33. The van der Waals surface area contributed by atoms with Crippen molar-refractivity contribution < 1.29 is 4.74 Å². The Balaban J connectivity index is 2.02. The van der Waals surface area contributed by atoms with Gasteiger partial charge in [-0.15, -0.1) is 11.3 Å². The zero-order chi connectivity index (χ0) is 9.80. The number of nitrogens with two attached hydrogens (primary N) is 1. The minimum absolute atomic E-state index is 0.434. The van der Waals surface area contributed by atoms with E-state index >= 15 is 0 Å². The van der Waals surface area contributed by atoms with Gasteiger partial charge in [0.05, 0.1) is 0 Å². The van der Waals surface area contributed by atoms with E-state index < -0.39 is 0 Å². The predicted molar refractivity (Wildman–Crippen MR) is 57.3 cm³/mol. The van der Waals surface area contributed by atoms with Gasteiger partial charge in [-0.1, -0.05) is 6.07 Å². The lowest BCUT2D eigenvalue weighted by Gasteiger charge is -2.05. The van der Waals surface area contributed by atoms with Crippen LogP contribution in [0, 0.1) is 0 Å². The van der Waals surface area contributed by atoms with Gasteiger partial charge >= 0.3 is 0 Å². The highest BCUT2D eigenvalue weighted by Gasteiger charge is 2.00. The van der Waals surface area contributed by atoms with Crippen molar-refractivity contribution in [2.45, 2.75) is 6.61 Å². The minimum Gasteiger partial charge on any atom is -0.484 e. The number of aromatic nitrogens is 1. The molecule has 0 unspecified atom stereocenters. The topological polar surface area (TPSA) is 48.1 Å². The van der Waals surface area contributed by atoms with Gasteiger partial charge in [-0.05, 0) is 23.6 Å². The monoisotopic (exact) mass is 206 g/mol. The van der Waals surface area contributed by atoms with E-state index in [0.29, 0.717) is 18.2 Å². The van der Waals surface area contributed by atoms with Gasteiger partial charge in [0.15, 0.2) is 11.6 Å². The minimum atomic E-state index is 0.434. The van der Waals surface area contributed by atoms with E-state index in [1.54, 1.807) is 23.6 Å². The van der Waals surface area contributed by atoms with Crippen LogP contribution in [0.5, 0.6) is 5.75 Å². The van der Waals surface area contributed by atoms with Crippen LogP contribution in [0.3, 0.4) is 0 Å². The van der Waals surface area contributed by atoms with Crippen LogP contribution in [0.1, 0.15) is 4.88 Å². The molecule has 2 aromatic rings. The van der Waals surface area contributed by atoms with E-state index in [-0.39, 0.29) is 0 Å². The molecule has 2 N–H and O–H groups in total. The summed E-state index contributed by atoms with van der Waals surface area (Å²) < 4.78 is 5.50. The third-order valence-electron chi connectivity index (χ3n) is 1.75. The second kappa shape index (κ2) is 4.11. The zero-order valence-electron chi connectivity index (χ0n) is 7.51. The fourth-order valence-electron chi connectivity index (χ4n) is 1.07. The Kier molecular flexibility index (Phi) is 2.65. The second-order valence-electron chi connectivity index (χ2n) is 2.75.